The molecule has 0 unspecified atom stereocenters. The van der Waals surface area contributed by atoms with Gasteiger partial charge in [0.25, 0.3) is 0 Å². The molecule has 2 bridgehead atoms. The summed E-state index contributed by atoms with van der Waals surface area (Å²) in [6.07, 6.45) is 12.8. The van der Waals surface area contributed by atoms with E-state index in [0.29, 0.717) is 5.41 Å². The highest BCUT2D eigenvalue weighted by Gasteiger charge is 2.54. The van der Waals surface area contributed by atoms with Crippen LogP contribution in [0.5, 0.6) is 0 Å². The number of likely N-dealkylation sites (tertiary alicyclic amines) is 1. The fourth-order valence-electron chi connectivity index (χ4n) is 6.86. The molecule has 0 spiro atoms. The molecule has 0 amide bonds. The number of thiazole rings is 1. The third-order valence-corrected chi connectivity index (χ3v) is 9.42. The van der Waals surface area contributed by atoms with Crippen LogP contribution < -0.4 is 5.32 Å². The largest absolute Gasteiger partial charge is 0.365 e. The summed E-state index contributed by atoms with van der Waals surface area (Å²) in [6, 6.07) is 5.80. The van der Waals surface area contributed by atoms with Gasteiger partial charge >= 0.3 is 0 Å². The van der Waals surface area contributed by atoms with Gasteiger partial charge in [-0.15, -0.1) is 24.8 Å². The van der Waals surface area contributed by atoms with Gasteiger partial charge in [-0.3, -0.25) is 4.90 Å². The fourth-order valence-corrected chi connectivity index (χ4v) is 7.72. The number of anilines is 1. The fraction of sp³-hybridized carbons (Fsp3) is 0.696. The summed E-state index contributed by atoms with van der Waals surface area (Å²) >= 11 is 1.81. The van der Waals surface area contributed by atoms with Crippen LogP contribution in [0.25, 0.3) is 10.2 Å². The molecule has 6 rings (SSSR count). The van der Waals surface area contributed by atoms with Gasteiger partial charge in [-0.2, -0.15) is 0 Å². The lowest BCUT2D eigenvalue weighted by atomic mass is 9.52. The molecule has 3 aliphatic carbocycles. The lowest BCUT2D eigenvalue weighted by Gasteiger charge is -2.59. The molecular formula is C23H33Cl2N3S. The van der Waals surface area contributed by atoms with Crippen LogP contribution in [0.1, 0.15) is 62.5 Å². The van der Waals surface area contributed by atoms with Crippen molar-refractivity contribution in [1.29, 1.82) is 0 Å². The number of benzene rings is 1. The van der Waals surface area contributed by atoms with Crippen LogP contribution in [0.3, 0.4) is 0 Å². The van der Waals surface area contributed by atoms with E-state index < -0.39 is 0 Å². The number of piperidine rings is 1. The smallest absolute Gasteiger partial charge is 0.183 e. The quantitative estimate of drug-likeness (QED) is 0.613. The molecule has 1 saturated heterocycles. The van der Waals surface area contributed by atoms with E-state index in [2.05, 4.69) is 22.3 Å². The van der Waals surface area contributed by atoms with Gasteiger partial charge in [-0.05, 0) is 80.2 Å². The van der Waals surface area contributed by atoms with Crippen LogP contribution in [0.2, 0.25) is 0 Å². The molecule has 0 radical (unpaired) electrons. The van der Waals surface area contributed by atoms with E-state index in [1.54, 1.807) is 11.1 Å². The van der Waals surface area contributed by atoms with Crippen molar-refractivity contribution >= 4 is 51.5 Å². The minimum Gasteiger partial charge on any atom is -0.365 e. The summed E-state index contributed by atoms with van der Waals surface area (Å²) in [7, 11) is 1.98. The zero-order valence-corrected chi connectivity index (χ0v) is 19.7. The Morgan fingerprint density at radius 2 is 2.00 bits per heavy atom. The number of hydrogen-bond donors (Lipinski definition) is 1. The maximum atomic E-state index is 4.85. The Hall–Kier alpha value is -0.550. The van der Waals surface area contributed by atoms with Crippen molar-refractivity contribution in [3.8, 4) is 0 Å². The molecule has 2 saturated carbocycles. The summed E-state index contributed by atoms with van der Waals surface area (Å²) in [5.74, 6) is 1.87. The van der Waals surface area contributed by atoms with Gasteiger partial charge in [0, 0.05) is 25.0 Å². The van der Waals surface area contributed by atoms with Gasteiger partial charge in [-0.1, -0.05) is 30.6 Å². The molecular weight excluding hydrogens is 421 g/mol. The number of aromatic nitrogens is 1. The van der Waals surface area contributed by atoms with Gasteiger partial charge in [0.05, 0.1) is 10.2 Å². The first-order valence-corrected chi connectivity index (χ1v) is 11.9. The normalized spacial score (nSPS) is 31.1. The molecule has 1 aliphatic heterocycles. The second-order valence-electron chi connectivity index (χ2n) is 9.57. The third kappa shape index (κ3) is 3.30. The number of nitrogens with zero attached hydrogens (tertiary/aromatic N) is 2. The summed E-state index contributed by atoms with van der Waals surface area (Å²) in [4.78, 5) is 7.78. The number of hydrogen-bond acceptors (Lipinski definition) is 4. The number of rotatable bonds is 3. The maximum absolute atomic E-state index is 4.85. The molecule has 4 aliphatic rings. The molecule has 3 fully saturated rings. The van der Waals surface area contributed by atoms with Crippen LogP contribution in [0, 0.1) is 11.8 Å². The minimum atomic E-state index is 0. The van der Waals surface area contributed by atoms with Gasteiger partial charge in [0.15, 0.2) is 5.13 Å². The molecule has 2 aromatic rings. The summed E-state index contributed by atoms with van der Waals surface area (Å²) in [5.41, 5.74) is 5.00. The molecule has 29 heavy (non-hydrogen) atoms. The molecule has 2 heterocycles. The Balaban J connectivity index is 0.00000102. The van der Waals surface area contributed by atoms with E-state index in [1.807, 2.05) is 18.4 Å². The monoisotopic (exact) mass is 453 g/mol. The predicted octanol–water partition coefficient (Wildman–Crippen LogP) is 6.04. The molecule has 1 aromatic heterocycles. The number of fused-ring (bicyclic) bond motifs is 2. The van der Waals surface area contributed by atoms with Crippen molar-refractivity contribution in [1.82, 2.24) is 9.88 Å². The predicted molar refractivity (Wildman–Crippen MR) is 128 cm³/mol. The zero-order valence-electron chi connectivity index (χ0n) is 17.3. The Morgan fingerprint density at radius 1 is 1.14 bits per heavy atom. The van der Waals surface area contributed by atoms with Crippen LogP contribution in [-0.4, -0.2) is 36.1 Å². The summed E-state index contributed by atoms with van der Waals surface area (Å²) in [6.45, 7) is 2.70. The Bertz CT molecular complexity index is 880. The highest BCUT2D eigenvalue weighted by Crippen LogP contribution is 2.56. The van der Waals surface area contributed by atoms with Gasteiger partial charge in [0.2, 0.25) is 0 Å². The van der Waals surface area contributed by atoms with Crippen LogP contribution in [0.4, 0.5) is 5.13 Å². The first-order chi connectivity index (χ1) is 13.3. The van der Waals surface area contributed by atoms with E-state index in [0.717, 1.165) is 23.0 Å². The van der Waals surface area contributed by atoms with Crippen molar-refractivity contribution in [2.75, 3.05) is 25.5 Å². The molecule has 3 atom stereocenters. The first kappa shape index (κ1) is 21.7. The average Bonchev–Trinajstić information content (AvgIpc) is 3.07. The molecule has 6 heteroatoms. The summed E-state index contributed by atoms with van der Waals surface area (Å²) < 4.78 is 1.37. The Labute approximate surface area is 190 Å². The van der Waals surface area contributed by atoms with E-state index in [-0.39, 0.29) is 24.8 Å². The van der Waals surface area contributed by atoms with Crippen LogP contribution in [-0.2, 0) is 11.8 Å². The van der Waals surface area contributed by atoms with Crippen LogP contribution in [0.15, 0.2) is 12.1 Å². The van der Waals surface area contributed by atoms with Crippen LogP contribution >= 0.6 is 36.2 Å². The highest BCUT2D eigenvalue weighted by molar-refractivity contribution is 7.22. The lowest BCUT2D eigenvalue weighted by molar-refractivity contribution is -0.0238. The van der Waals surface area contributed by atoms with E-state index >= 15 is 0 Å². The van der Waals surface area contributed by atoms with Gasteiger partial charge in [0.1, 0.15) is 0 Å². The van der Waals surface area contributed by atoms with Crippen molar-refractivity contribution < 1.29 is 0 Å². The minimum absolute atomic E-state index is 0. The second kappa shape index (κ2) is 8.18. The standard InChI is InChI=1S/C23H31N3S.2ClH/c1-24-22-25-19-13-18-16(12-21(19)27-22)11-20-17-7-2-3-8-23(17,18)9-10-26(20)14-15-5-4-6-15;;/h12-13,15,17,20H,2-11,14H2,1H3,(H,24,25);2*1H/t17-,20+,23+;;/m0../s1. The second-order valence-corrected chi connectivity index (χ2v) is 10.6. The number of halogens is 2. The lowest BCUT2D eigenvalue weighted by Crippen LogP contribution is -2.61. The van der Waals surface area contributed by atoms with E-state index in [4.69, 9.17) is 4.98 Å². The van der Waals surface area contributed by atoms with Crippen molar-refractivity contribution in [3.63, 3.8) is 0 Å². The van der Waals surface area contributed by atoms with Crippen molar-refractivity contribution in [3.05, 3.63) is 23.3 Å². The average molecular weight is 455 g/mol. The maximum Gasteiger partial charge on any atom is 0.183 e. The van der Waals surface area contributed by atoms with Gasteiger partial charge in [-0.25, -0.2) is 4.98 Å². The molecule has 160 valence electrons. The third-order valence-electron chi connectivity index (χ3n) is 8.39. The molecule has 1 N–H and O–H groups in total. The summed E-state index contributed by atoms with van der Waals surface area (Å²) in [5, 5.41) is 4.30. The van der Waals surface area contributed by atoms with Crippen molar-refractivity contribution in [2.45, 2.75) is 69.2 Å². The first-order valence-electron chi connectivity index (χ1n) is 11.1. The van der Waals surface area contributed by atoms with E-state index in [9.17, 15) is 0 Å². The Morgan fingerprint density at radius 3 is 2.76 bits per heavy atom. The molecule has 1 aromatic carbocycles. The highest BCUT2D eigenvalue weighted by atomic mass is 35.5. The SMILES string of the molecule is CNc1nc2cc3c(cc2s1)C[C@@H]1[C@@H]2CCCC[C@]32CCN1CC1CCC1.Cl.Cl. The molecule has 3 nitrogen and oxygen atoms in total. The Kier molecular flexibility index (Phi) is 6.11. The van der Waals surface area contributed by atoms with Crippen molar-refractivity contribution in [2.24, 2.45) is 11.8 Å². The van der Waals surface area contributed by atoms with E-state index in [1.165, 1.54) is 81.1 Å². The topological polar surface area (TPSA) is 28.2 Å². The van der Waals surface area contributed by atoms with Gasteiger partial charge < -0.3 is 5.32 Å². The zero-order chi connectivity index (χ0) is 18.0. The number of nitrogens with one attached hydrogen (secondary N) is 1.